The number of carbonyl (C=O) groups is 1. The molecule has 0 unspecified atom stereocenters. The van der Waals surface area contributed by atoms with Crippen LogP contribution in [0.4, 0.5) is 5.69 Å². The number of hydrogen-bond donors (Lipinski definition) is 0. The number of benzene rings is 2. The maximum atomic E-state index is 12.9. The second-order valence-corrected chi connectivity index (χ2v) is 8.35. The molecule has 1 atom stereocenters. The number of likely N-dealkylation sites (tertiary alicyclic amines) is 1. The third kappa shape index (κ3) is 3.39. The highest BCUT2D eigenvalue weighted by Crippen LogP contribution is 2.30. The molecule has 2 aromatic carbocycles. The summed E-state index contributed by atoms with van der Waals surface area (Å²) in [6, 6.07) is 16.9. The van der Waals surface area contributed by atoms with Crippen LogP contribution in [0.5, 0.6) is 0 Å². The van der Waals surface area contributed by atoms with Gasteiger partial charge in [0.15, 0.2) is 0 Å². The van der Waals surface area contributed by atoms with Crippen molar-refractivity contribution in [3.05, 3.63) is 48.5 Å². The molecule has 0 aliphatic carbocycles. The highest BCUT2D eigenvalue weighted by Gasteiger charge is 2.30. The Morgan fingerprint density at radius 2 is 1.83 bits per heavy atom. The Balaban J connectivity index is 1.40. The van der Waals surface area contributed by atoms with E-state index in [2.05, 4.69) is 63.9 Å². The normalized spacial score (nSPS) is 19.8. The van der Waals surface area contributed by atoms with Gasteiger partial charge >= 0.3 is 0 Å². The van der Waals surface area contributed by atoms with Crippen LogP contribution < -0.4 is 4.90 Å². The number of carbonyl (C=O) groups excluding carboxylic acids is 1. The van der Waals surface area contributed by atoms with Crippen LogP contribution in [0.25, 0.3) is 22.4 Å². The van der Waals surface area contributed by atoms with Crippen molar-refractivity contribution in [1.29, 1.82) is 0 Å². The Kier molecular flexibility index (Phi) is 4.74. The minimum absolute atomic E-state index is 0.126. The molecule has 150 valence electrons. The number of fused-ring (bicyclic) bond motifs is 1. The number of rotatable bonds is 3. The summed E-state index contributed by atoms with van der Waals surface area (Å²) in [7, 11) is 2.07. The molecule has 0 saturated carbocycles. The number of aromatic nitrogens is 2. The van der Waals surface area contributed by atoms with Gasteiger partial charge in [0, 0.05) is 44.5 Å². The molecule has 29 heavy (non-hydrogen) atoms. The molecule has 3 aromatic rings. The van der Waals surface area contributed by atoms with Crippen LogP contribution in [0.15, 0.2) is 48.5 Å². The van der Waals surface area contributed by atoms with Gasteiger partial charge in [-0.05, 0) is 49.9 Å². The average Bonchev–Trinajstić information content (AvgIpc) is 3.42. The van der Waals surface area contributed by atoms with Gasteiger partial charge in [-0.1, -0.05) is 24.3 Å². The third-order valence-electron chi connectivity index (χ3n) is 6.45. The summed E-state index contributed by atoms with van der Waals surface area (Å²) < 4.78 is 2.16. The van der Waals surface area contributed by atoms with Gasteiger partial charge < -0.3 is 14.4 Å². The summed E-state index contributed by atoms with van der Waals surface area (Å²) in [5.41, 5.74) is 4.47. The number of aryl methyl sites for hydroxylation is 1. The fourth-order valence-corrected chi connectivity index (χ4v) is 4.85. The van der Waals surface area contributed by atoms with Gasteiger partial charge in [-0.3, -0.25) is 4.79 Å². The van der Waals surface area contributed by atoms with E-state index in [1.807, 2.05) is 6.07 Å². The number of nitrogens with zero attached hydrogens (tertiary/aromatic N) is 4. The molecule has 2 aliphatic rings. The van der Waals surface area contributed by atoms with Crippen LogP contribution in [0.3, 0.4) is 0 Å². The van der Waals surface area contributed by atoms with Gasteiger partial charge in [-0.15, -0.1) is 0 Å². The molecule has 2 saturated heterocycles. The number of piperidine rings is 1. The lowest BCUT2D eigenvalue weighted by molar-refractivity contribution is -0.134. The smallest absolute Gasteiger partial charge is 0.227 e. The molecule has 5 rings (SSSR count). The quantitative estimate of drug-likeness (QED) is 0.679. The zero-order chi connectivity index (χ0) is 19.8. The molecule has 2 aliphatic heterocycles. The second-order valence-electron chi connectivity index (χ2n) is 8.35. The fraction of sp³-hybridized carbons (Fsp3) is 0.417. The van der Waals surface area contributed by atoms with Crippen molar-refractivity contribution in [1.82, 2.24) is 14.5 Å². The molecule has 5 heteroatoms. The maximum absolute atomic E-state index is 12.9. The molecule has 3 heterocycles. The van der Waals surface area contributed by atoms with E-state index in [0.29, 0.717) is 5.91 Å². The largest absolute Gasteiger partial charge is 0.371 e. The lowest BCUT2D eigenvalue weighted by Crippen LogP contribution is -2.44. The van der Waals surface area contributed by atoms with Crippen LogP contribution in [0, 0.1) is 5.92 Å². The number of hydrogen-bond acceptors (Lipinski definition) is 3. The van der Waals surface area contributed by atoms with Crippen molar-refractivity contribution in [3.8, 4) is 11.4 Å². The van der Waals surface area contributed by atoms with Gasteiger partial charge in [0.25, 0.3) is 0 Å². The summed E-state index contributed by atoms with van der Waals surface area (Å²) in [5.74, 6) is 1.47. The van der Waals surface area contributed by atoms with Crippen LogP contribution in [0.2, 0.25) is 0 Å². The number of anilines is 1. The molecular weight excluding hydrogens is 360 g/mol. The molecule has 2 fully saturated rings. The Bertz CT molecular complexity index is 1030. The van der Waals surface area contributed by atoms with E-state index in [9.17, 15) is 4.79 Å². The van der Waals surface area contributed by atoms with Gasteiger partial charge in [0.05, 0.1) is 17.0 Å². The topological polar surface area (TPSA) is 41.4 Å². The predicted molar refractivity (Wildman–Crippen MR) is 117 cm³/mol. The summed E-state index contributed by atoms with van der Waals surface area (Å²) in [6.45, 7) is 3.71. The molecule has 0 bridgehead atoms. The van der Waals surface area contributed by atoms with Crippen LogP contribution in [0.1, 0.15) is 25.7 Å². The van der Waals surface area contributed by atoms with E-state index in [1.165, 1.54) is 5.69 Å². The molecular formula is C24H28N4O. The van der Waals surface area contributed by atoms with E-state index in [4.69, 9.17) is 4.98 Å². The van der Waals surface area contributed by atoms with E-state index < -0.39 is 0 Å². The minimum atomic E-state index is 0.126. The average molecular weight is 389 g/mol. The van der Waals surface area contributed by atoms with Crippen molar-refractivity contribution < 1.29 is 4.79 Å². The highest BCUT2D eigenvalue weighted by atomic mass is 16.2. The molecule has 0 N–H and O–H groups in total. The maximum Gasteiger partial charge on any atom is 0.227 e. The summed E-state index contributed by atoms with van der Waals surface area (Å²) in [4.78, 5) is 22.2. The van der Waals surface area contributed by atoms with Crippen molar-refractivity contribution in [3.63, 3.8) is 0 Å². The molecule has 0 radical (unpaired) electrons. The van der Waals surface area contributed by atoms with Crippen molar-refractivity contribution in [2.45, 2.75) is 25.7 Å². The number of para-hydroxylation sites is 2. The second kappa shape index (κ2) is 7.54. The fourth-order valence-electron chi connectivity index (χ4n) is 4.85. The first-order valence-corrected chi connectivity index (χ1v) is 10.8. The van der Waals surface area contributed by atoms with E-state index in [1.54, 1.807) is 0 Å². The summed E-state index contributed by atoms with van der Waals surface area (Å²) >= 11 is 0. The standard InChI is InChI=1S/C24H28N4O/c1-26-22-12-3-2-11-21(22)25-23(26)18-8-6-10-20(16-18)28-15-7-9-19(17-28)24(29)27-13-4-5-14-27/h2-3,6,8,10-12,16,19H,4-5,7,9,13-15,17H2,1H3/t19-/m1/s1. The minimum Gasteiger partial charge on any atom is -0.371 e. The predicted octanol–water partition coefficient (Wildman–Crippen LogP) is 4.08. The number of imidazole rings is 1. The summed E-state index contributed by atoms with van der Waals surface area (Å²) in [6.07, 6.45) is 4.39. The van der Waals surface area contributed by atoms with E-state index >= 15 is 0 Å². The molecule has 5 nitrogen and oxygen atoms in total. The summed E-state index contributed by atoms with van der Waals surface area (Å²) in [5, 5.41) is 0. The Morgan fingerprint density at radius 3 is 2.66 bits per heavy atom. The highest BCUT2D eigenvalue weighted by molar-refractivity contribution is 5.82. The van der Waals surface area contributed by atoms with Crippen molar-refractivity contribution >= 4 is 22.6 Å². The van der Waals surface area contributed by atoms with Crippen LogP contribution in [-0.4, -0.2) is 46.5 Å². The van der Waals surface area contributed by atoms with Crippen LogP contribution >= 0.6 is 0 Å². The zero-order valence-electron chi connectivity index (χ0n) is 17.1. The van der Waals surface area contributed by atoms with Crippen molar-refractivity contribution in [2.24, 2.45) is 13.0 Å². The van der Waals surface area contributed by atoms with Gasteiger partial charge in [0.1, 0.15) is 5.82 Å². The van der Waals surface area contributed by atoms with Crippen LogP contribution in [-0.2, 0) is 11.8 Å². The monoisotopic (exact) mass is 388 g/mol. The molecule has 1 aromatic heterocycles. The van der Waals surface area contributed by atoms with Gasteiger partial charge in [-0.25, -0.2) is 4.98 Å². The first-order chi connectivity index (χ1) is 14.2. The Morgan fingerprint density at radius 1 is 1.00 bits per heavy atom. The Labute approximate surface area is 171 Å². The lowest BCUT2D eigenvalue weighted by atomic mass is 9.96. The van der Waals surface area contributed by atoms with E-state index in [-0.39, 0.29) is 5.92 Å². The SMILES string of the molecule is Cn1c(-c2cccc(N3CCC[C@@H](C(=O)N4CCCC4)C3)c2)nc2ccccc21. The van der Waals surface area contributed by atoms with E-state index in [0.717, 1.165) is 74.3 Å². The Hall–Kier alpha value is -2.82. The third-order valence-corrected chi connectivity index (χ3v) is 6.45. The lowest BCUT2D eigenvalue weighted by Gasteiger charge is -2.35. The zero-order valence-corrected chi connectivity index (χ0v) is 17.1. The number of amides is 1. The molecule has 1 amide bonds. The van der Waals surface area contributed by atoms with Gasteiger partial charge in [0.2, 0.25) is 5.91 Å². The molecule has 0 spiro atoms. The van der Waals surface area contributed by atoms with Crippen molar-refractivity contribution in [2.75, 3.05) is 31.1 Å². The van der Waals surface area contributed by atoms with Gasteiger partial charge in [-0.2, -0.15) is 0 Å². The first kappa shape index (κ1) is 18.2. The first-order valence-electron chi connectivity index (χ1n) is 10.8.